The smallest absolute Gasteiger partial charge is 0.0643 e. The summed E-state index contributed by atoms with van der Waals surface area (Å²) in [5, 5.41) is 3.42. The summed E-state index contributed by atoms with van der Waals surface area (Å²) in [6, 6.07) is 0.636. The van der Waals surface area contributed by atoms with Crippen LogP contribution in [0.15, 0.2) is 0 Å². The topological polar surface area (TPSA) is 24.5 Å². The Balaban J connectivity index is 1.80. The van der Waals surface area contributed by atoms with E-state index in [2.05, 4.69) is 24.3 Å². The van der Waals surface area contributed by atoms with E-state index in [1.54, 1.807) is 0 Å². The zero-order valence-corrected chi connectivity index (χ0v) is 7.47. The summed E-state index contributed by atoms with van der Waals surface area (Å²) in [4.78, 5) is 2.21. The average molecular weight is 158 g/mol. The van der Waals surface area contributed by atoms with Crippen LogP contribution in [0.25, 0.3) is 0 Å². The summed E-state index contributed by atoms with van der Waals surface area (Å²) in [5.41, 5.74) is 0. The molecule has 66 valence electrons. The van der Waals surface area contributed by atoms with Crippen molar-refractivity contribution in [3.63, 3.8) is 0 Å². The van der Waals surface area contributed by atoms with E-state index in [1.165, 1.54) is 13.0 Å². The van der Waals surface area contributed by atoms with E-state index in [1.807, 2.05) is 0 Å². The van der Waals surface area contributed by atoms with Gasteiger partial charge in [0.15, 0.2) is 0 Å². The first-order valence-corrected chi connectivity index (χ1v) is 4.25. The summed E-state index contributed by atoms with van der Waals surface area (Å²) < 4.78 is 5.04. The predicted octanol–water partition coefficient (Wildman–Crippen LogP) is -0.0735. The van der Waals surface area contributed by atoms with Gasteiger partial charge >= 0.3 is 0 Å². The maximum absolute atomic E-state index is 5.04. The van der Waals surface area contributed by atoms with Crippen LogP contribution in [0.4, 0.5) is 0 Å². The van der Waals surface area contributed by atoms with Gasteiger partial charge < -0.3 is 15.0 Å². The highest BCUT2D eigenvalue weighted by Crippen LogP contribution is 1.98. The fourth-order valence-electron chi connectivity index (χ4n) is 1.06. The third-order valence-corrected chi connectivity index (χ3v) is 1.85. The van der Waals surface area contributed by atoms with Gasteiger partial charge in [-0.3, -0.25) is 0 Å². The van der Waals surface area contributed by atoms with E-state index < -0.39 is 0 Å². The van der Waals surface area contributed by atoms with E-state index in [0.717, 1.165) is 19.8 Å². The van der Waals surface area contributed by atoms with Crippen molar-refractivity contribution in [1.82, 2.24) is 10.2 Å². The summed E-state index contributed by atoms with van der Waals surface area (Å²) in [5.74, 6) is 0. The molecule has 0 aromatic rings. The van der Waals surface area contributed by atoms with E-state index in [0.29, 0.717) is 6.04 Å². The maximum Gasteiger partial charge on any atom is 0.0643 e. The molecule has 11 heavy (non-hydrogen) atoms. The zero-order chi connectivity index (χ0) is 8.10. The minimum Gasteiger partial charge on any atom is -0.378 e. The van der Waals surface area contributed by atoms with Crippen molar-refractivity contribution in [2.24, 2.45) is 0 Å². The average Bonchev–Trinajstić information content (AvgIpc) is 1.82. The standard InChI is InChI=1S/C8H18N2O/c1-10(2)5-3-4-9-8-6-11-7-8/h8-9H,3-7H2,1-2H3. The van der Waals surface area contributed by atoms with Gasteiger partial charge in [0.05, 0.1) is 19.3 Å². The molecule has 1 heterocycles. The van der Waals surface area contributed by atoms with Crippen molar-refractivity contribution in [1.29, 1.82) is 0 Å². The number of hydrogen-bond donors (Lipinski definition) is 1. The molecule has 1 fully saturated rings. The van der Waals surface area contributed by atoms with E-state index >= 15 is 0 Å². The molecule has 0 aromatic heterocycles. The van der Waals surface area contributed by atoms with Crippen LogP contribution in [-0.4, -0.2) is 51.3 Å². The lowest BCUT2D eigenvalue weighted by molar-refractivity contribution is -0.00505. The first-order valence-electron chi connectivity index (χ1n) is 4.25. The van der Waals surface area contributed by atoms with Crippen LogP contribution in [0.3, 0.4) is 0 Å². The Hall–Kier alpha value is -0.120. The quantitative estimate of drug-likeness (QED) is 0.567. The Morgan fingerprint density at radius 3 is 2.64 bits per heavy atom. The van der Waals surface area contributed by atoms with Gasteiger partial charge in [-0.15, -0.1) is 0 Å². The molecule has 0 aliphatic carbocycles. The van der Waals surface area contributed by atoms with E-state index in [4.69, 9.17) is 4.74 Å². The Bertz CT molecular complexity index is 102. The summed E-state index contributed by atoms with van der Waals surface area (Å²) in [6.07, 6.45) is 1.23. The number of hydrogen-bond acceptors (Lipinski definition) is 3. The largest absolute Gasteiger partial charge is 0.378 e. The molecule has 1 saturated heterocycles. The van der Waals surface area contributed by atoms with Crippen LogP contribution in [0.1, 0.15) is 6.42 Å². The monoisotopic (exact) mass is 158 g/mol. The van der Waals surface area contributed by atoms with Gasteiger partial charge in [0.1, 0.15) is 0 Å². The molecule has 0 atom stereocenters. The normalized spacial score (nSPS) is 18.8. The number of nitrogens with one attached hydrogen (secondary N) is 1. The first kappa shape index (κ1) is 8.97. The summed E-state index contributed by atoms with van der Waals surface area (Å²) >= 11 is 0. The van der Waals surface area contributed by atoms with Crippen LogP contribution in [-0.2, 0) is 4.74 Å². The molecule has 1 rings (SSSR count). The van der Waals surface area contributed by atoms with Crippen LogP contribution in [0, 0.1) is 0 Å². The lowest BCUT2D eigenvalue weighted by atomic mass is 10.2. The van der Waals surface area contributed by atoms with Gasteiger partial charge in [0, 0.05) is 0 Å². The molecule has 0 aromatic carbocycles. The number of ether oxygens (including phenoxy) is 1. The highest BCUT2D eigenvalue weighted by Gasteiger charge is 2.16. The fraction of sp³-hybridized carbons (Fsp3) is 1.00. The number of rotatable bonds is 5. The fourth-order valence-corrected chi connectivity index (χ4v) is 1.06. The van der Waals surface area contributed by atoms with Gasteiger partial charge in [-0.1, -0.05) is 0 Å². The maximum atomic E-state index is 5.04. The van der Waals surface area contributed by atoms with Gasteiger partial charge in [-0.05, 0) is 33.6 Å². The summed E-state index contributed by atoms with van der Waals surface area (Å²) in [6.45, 7) is 4.09. The van der Waals surface area contributed by atoms with Crippen LogP contribution < -0.4 is 5.32 Å². The lowest BCUT2D eigenvalue weighted by Gasteiger charge is -2.27. The Morgan fingerprint density at radius 2 is 2.18 bits per heavy atom. The van der Waals surface area contributed by atoms with E-state index in [-0.39, 0.29) is 0 Å². The Labute approximate surface area is 68.7 Å². The highest BCUT2D eigenvalue weighted by molar-refractivity contribution is 4.72. The molecule has 1 N–H and O–H groups in total. The molecule has 3 nitrogen and oxygen atoms in total. The molecule has 0 saturated carbocycles. The second-order valence-corrected chi connectivity index (χ2v) is 3.35. The zero-order valence-electron chi connectivity index (χ0n) is 7.47. The lowest BCUT2D eigenvalue weighted by Crippen LogP contribution is -2.46. The van der Waals surface area contributed by atoms with E-state index in [9.17, 15) is 0 Å². The first-order chi connectivity index (χ1) is 5.29. The highest BCUT2D eigenvalue weighted by atomic mass is 16.5. The van der Waals surface area contributed by atoms with Gasteiger partial charge in [0.25, 0.3) is 0 Å². The second kappa shape index (κ2) is 4.70. The molecular weight excluding hydrogens is 140 g/mol. The van der Waals surface area contributed by atoms with Crippen molar-refractivity contribution in [3.8, 4) is 0 Å². The van der Waals surface area contributed by atoms with Crippen molar-refractivity contribution >= 4 is 0 Å². The van der Waals surface area contributed by atoms with Crippen molar-refractivity contribution in [2.45, 2.75) is 12.5 Å². The van der Waals surface area contributed by atoms with Gasteiger partial charge in [0.2, 0.25) is 0 Å². The predicted molar refractivity (Wildman–Crippen MR) is 45.8 cm³/mol. The molecule has 1 aliphatic heterocycles. The summed E-state index contributed by atoms with van der Waals surface area (Å²) in [7, 11) is 4.21. The van der Waals surface area contributed by atoms with Crippen molar-refractivity contribution in [2.75, 3.05) is 40.4 Å². The number of nitrogens with zero attached hydrogens (tertiary/aromatic N) is 1. The third kappa shape index (κ3) is 3.70. The third-order valence-electron chi connectivity index (χ3n) is 1.85. The molecule has 0 amide bonds. The van der Waals surface area contributed by atoms with Crippen molar-refractivity contribution < 1.29 is 4.74 Å². The Kier molecular flexibility index (Phi) is 3.83. The molecule has 3 heteroatoms. The van der Waals surface area contributed by atoms with Crippen molar-refractivity contribution in [3.05, 3.63) is 0 Å². The van der Waals surface area contributed by atoms with Crippen LogP contribution >= 0.6 is 0 Å². The molecule has 0 unspecified atom stereocenters. The minimum atomic E-state index is 0.636. The molecular formula is C8H18N2O. The molecule has 0 radical (unpaired) electrons. The van der Waals surface area contributed by atoms with Gasteiger partial charge in [-0.25, -0.2) is 0 Å². The molecule has 0 bridgehead atoms. The minimum absolute atomic E-state index is 0.636. The SMILES string of the molecule is CN(C)CCCNC1COC1. The Morgan fingerprint density at radius 1 is 1.45 bits per heavy atom. The molecule has 0 spiro atoms. The van der Waals surface area contributed by atoms with Crippen LogP contribution in [0.5, 0.6) is 0 Å². The van der Waals surface area contributed by atoms with Crippen LogP contribution in [0.2, 0.25) is 0 Å². The second-order valence-electron chi connectivity index (χ2n) is 3.35. The van der Waals surface area contributed by atoms with Gasteiger partial charge in [-0.2, -0.15) is 0 Å². The molecule has 1 aliphatic rings.